The summed E-state index contributed by atoms with van der Waals surface area (Å²) in [6.45, 7) is 3.29. The minimum atomic E-state index is -3.43. The summed E-state index contributed by atoms with van der Waals surface area (Å²) in [6, 6.07) is 5.45. The van der Waals surface area contributed by atoms with E-state index in [1.54, 1.807) is 11.8 Å². The predicted molar refractivity (Wildman–Crippen MR) is 82.0 cm³/mol. The normalized spacial score (nSPS) is 16.7. The third-order valence-electron chi connectivity index (χ3n) is 3.92. The highest BCUT2D eigenvalue weighted by Gasteiger charge is 2.22. The Bertz CT molecular complexity index is 608. The molecule has 0 saturated carbocycles. The van der Waals surface area contributed by atoms with Crippen molar-refractivity contribution in [2.75, 3.05) is 19.6 Å². The van der Waals surface area contributed by atoms with Gasteiger partial charge in [0.1, 0.15) is 5.82 Å². The zero-order valence-electron chi connectivity index (χ0n) is 12.6. The fourth-order valence-electron chi connectivity index (χ4n) is 2.55. The summed E-state index contributed by atoms with van der Waals surface area (Å²) in [7, 11) is -3.43. The smallest absolute Gasteiger partial charge is 0.219 e. The molecular weight excluding hydrogens is 307 g/mol. The van der Waals surface area contributed by atoms with Crippen LogP contribution in [0.25, 0.3) is 0 Å². The Hall–Kier alpha value is -1.47. The number of sulfonamides is 1. The molecule has 1 aliphatic heterocycles. The molecule has 0 aliphatic carbocycles. The molecule has 5 nitrogen and oxygen atoms in total. The monoisotopic (exact) mass is 328 g/mol. The number of nitrogens with one attached hydrogen (secondary N) is 1. The summed E-state index contributed by atoms with van der Waals surface area (Å²) in [5.41, 5.74) is 0.556. The van der Waals surface area contributed by atoms with Gasteiger partial charge in [-0.15, -0.1) is 0 Å². The maximum Gasteiger partial charge on any atom is 0.219 e. The second-order valence-corrected chi connectivity index (χ2v) is 7.49. The third kappa shape index (κ3) is 5.06. The van der Waals surface area contributed by atoms with Crippen LogP contribution < -0.4 is 4.72 Å². The Morgan fingerprint density at radius 2 is 1.86 bits per heavy atom. The lowest BCUT2D eigenvalue weighted by atomic mass is 9.97. The van der Waals surface area contributed by atoms with Gasteiger partial charge < -0.3 is 4.90 Å². The Kier molecular flexibility index (Phi) is 5.52. The summed E-state index contributed by atoms with van der Waals surface area (Å²) in [5.74, 6) is -0.222. The van der Waals surface area contributed by atoms with E-state index in [0.29, 0.717) is 25.2 Å². The van der Waals surface area contributed by atoms with Gasteiger partial charge in [-0.25, -0.2) is 17.5 Å². The second-order valence-electron chi connectivity index (χ2n) is 5.68. The van der Waals surface area contributed by atoms with Gasteiger partial charge in [0, 0.05) is 26.6 Å². The van der Waals surface area contributed by atoms with Crippen molar-refractivity contribution in [2.24, 2.45) is 5.92 Å². The van der Waals surface area contributed by atoms with E-state index in [2.05, 4.69) is 4.72 Å². The lowest BCUT2D eigenvalue weighted by molar-refractivity contribution is -0.130. The van der Waals surface area contributed by atoms with Gasteiger partial charge in [-0.2, -0.15) is 0 Å². The fourth-order valence-corrected chi connectivity index (χ4v) is 3.77. The van der Waals surface area contributed by atoms with Crippen molar-refractivity contribution in [3.05, 3.63) is 35.6 Å². The fraction of sp³-hybridized carbons (Fsp3) is 0.533. The van der Waals surface area contributed by atoms with Crippen molar-refractivity contribution in [3.63, 3.8) is 0 Å². The van der Waals surface area contributed by atoms with Crippen LogP contribution in [0.3, 0.4) is 0 Å². The van der Waals surface area contributed by atoms with Crippen molar-refractivity contribution < 1.29 is 17.6 Å². The number of amides is 1. The zero-order valence-corrected chi connectivity index (χ0v) is 13.4. The Morgan fingerprint density at radius 3 is 2.41 bits per heavy atom. The van der Waals surface area contributed by atoms with Crippen LogP contribution in [-0.2, 0) is 20.6 Å². The van der Waals surface area contributed by atoms with Gasteiger partial charge in [-0.1, -0.05) is 12.1 Å². The van der Waals surface area contributed by atoms with E-state index in [-0.39, 0.29) is 23.4 Å². The molecule has 0 bridgehead atoms. The van der Waals surface area contributed by atoms with Crippen LogP contribution in [0, 0.1) is 11.7 Å². The summed E-state index contributed by atoms with van der Waals surface area (Å²) >= 11 is 0. The molecule has 122 valence electrons. The van der Waals surface area contributed by atoms with E-state index in [0.717, 1.165) is 12.8 Å². The molecule has 0 radical (unpaired) electrons. The van der Waals surface area contributed by atoms with E-state index in [9.17, 15) is 17.6 Å². The first-order valence-corrected chi connectivity index (χ1v) is 8.98. The van der Waals surface area contributed by atoms with E-state index in [1.807, 2.05) is 0 Å². The van der Waals surface area contributed by atoms with E-state index < -0.39 is 10.0 Å². The average molecular weight is 328 g/mol. The van der Waals surface area contributed by atoms with Crippen molar-refractivity contribution in [1.29, 1.82) is 0 Å². The minimum Gasteiger partial charge on any atom is -0.343 e. The zero-order chi connectivity index (χ0) is 16.2. The van der Waals surface area contributed by atoms with Crippen molar-refractivity contribution in [1.82, 2.24) is 9.62 Å². The third-order valence-corrected chi connectivity index (χ3v) is 5.24. The molecule has 1 aromatic rings. The highest BCUT2D eigenvalue weighted by atomic mass is 32.2. The molecule has 1 fully saturated rings. The highest BCUT2D eigenvalue weighted by Crippen LogP contribution is 2.17. The lowest BCUT2D eigenvalue weighted by Gasteiger charge is -2.31. The van der Waals surface area contributed by atoms with Crippen LogP contribution in [0.2, 0.25) is 0 Å². The van der Waals surface area contributed by atoms with Crippen LogP contribution in [-0.4, -0.2) is 38.9 Å². The number of nitrogens with zero attached hydrogens (tertiary/aromatic N) is 1. The molecule has 1 amide bonds. The van der Waals surface area contributed by atoms with Gasteiger partial charge >= 0.3 is 0 Å². The first kappa shape index (κ1) is 16.9. The van der Waals surface area contributed by atoms with Crippen LogP contribution in [0.1, 0.15) is 25.3 Å². The standard InChI is InChI=1S/C15H21FN2O3S/c1-12(19)18-8-6-13(7-9-18)10-17-22(20,21)11-14-2-4-15(16)5-3-14/h2-5,13,17H,6-11H2,1H3. The van der Waals surface area contributed by atoms with Gasteiger partial charge in [0.2, 0.25) is 15.9 Å². The number of carbonyl (C=O) groups is 1. The van der Waals surface area contributed by atoms with Crippen LogP contribution in [0.4, 0.5) is 4.39 Å². The molecule has 0 unspecified atom stereocenters. The van der Waals surface area contributed by atoms with Crippen LogP contribution in [0.15, 0.2) is 24.3 Å². The molecule has 0 aromatic heterocycles. The first-order chi connectivity index (χ1) is 10.4. The Morgan fingerprint density at radius 1 is 1.27 bits per heavy atom. The molecule has 1 saturated heterocycles. The summed E-state index contributed by atoms with van der Waals surface area (Å²) in [5, 5.41) is 0. The molecule has 0 atom stereocenters. The topological polar surface area (TPSA) is 66.5 Å². The first-order valence-electron chi connectivity index (χ1n) is 7.33. The summed E-state index contributed by atoms with van der Waals surface area (Å²) < 4.78 is 39.5. The molecule has 1 aliphatic rings. The van der Waals surface area contributed by atoms with E-state index >= 15 is 0 Å². The van der Waals surface area contributed by atoms with Crippen molar-refractivity contribution in [3.8, 4) is 0 Å². The van der Waals surface area contributed by atoms with E-state index in [1.165, 1.54) is 24.3 Å². The number of likely N-dealkylation sites (tertiary alicyclic amines) is 1. The molecule has 2 rings (SSSR count). The average Bonchev–Trinajstić information content (AvgIpc) is 2.48. The van der Waals surface area contributed by atoms with Gasteiger partial charge in [-0.05, 0) is 36.5 Å². The molecular formula is C15H21FN2O3S. The maximum atomic E-state index is 12.8. The molecule has 1 N–H and O–H groups in total. The minimum absolute atomic E-state index is 0.0651. The maximum absolute atomic E-state index is 12.8. The number of hydrogen-bond acceptors (Lipinski definition) is 3. The number of hydrogen-bond donors (Lipinski definition) is 1. The molecule has 7 heteroatoms. The highest BCUT2D eigenvalue weighted by molar-refractivity contribution is 7.88. The van der Waals surface area contributed by atoms with Gasteiger partial charge in [-0.3, -0.25) is 4.79 Å². The molecule has 0 spiro atoms. The summed E-state index contributed by atoms with van der Waals surface area (Å²) in [4.78, 5) is 13.0. The molecule has 1 aromatic carbocycles. The predicted octanol–water partition coefficient (Wildman–Crippen LogP) is 1.50. The number of rotatable bonds is 5. The van der Waals surface area contributed by atoms with Crippen molar-refractivity contribution >= 4 is 15.9 Å². The second kappa shape index (κ2) is 7.19. The number of benzene rings is 1. The van der Waals surface area contributed by atoms with Crippen LogP contribution in [0.5, 0.6) is 0 Å². The number of carbonyl (C=O) groups excluding carboxylic acids is 1. The van der Waals surface area contributed by atoms with Gasteiger partial charge in [0.05, 0.1) is 5.75 Å². The lowest BCUT2D eigenvalue weighted by Crippen LogP contribution is -2.40. The van der Waals surface area contributed by atoms with E-state index in [4.69, 9.17) is 0 Å². The van der Waals surface area contributed by atoms with Gasteiger partial charge in [0.15, 0.2) is 0 Å². The quantitative estimate of drug-likeness (QED) is 0.891. The number of halogens is 1. The molecule has 1 heterocycles. The molecule has 22 heavy (non-hydrogen) atoms. The Labute approximate surface area is 130 Å². The Balaban J connectivity index is 1.80. The van der Waals surface area contributed by atoms with Crippen molar-refractivity contribution in [2.45, 2.75) is 25.5 Å². The number of piperidine rings is 1. The van der Waals surface area contributed by atoms with Gasteiger partial charge in [0.25, 0.3) is 0 Å². The largest absolute Gasteiger partial charge is 0.343 e. The van der Waals surface area contributed by atoms with Crippen LogP contribution >= 0.6 is 0 Å². The SMILES string of the molecule is CC(=O)N1CCC(CNS(=O)(=O)Cc2ccc(F)cc2)CC1. The summed E-state index contributed by atoms with van der Waals surface area (Å²) in [6.07, 6.45) is 1.61.